The Morgan fingerprint density at radius 2 is 1.87 bits per heavy atom. The summed E-state index contributed by atoms with van der Waals surface area (Å²) in [4.78, 5) is 12.9. The second-order valence-electron chi connectivity index (χ2n) is 5.73. The lowest BCUT2D eigenvalue weighted by Gasteiger charge is -2.10. The van der Waals surface area contributed by atoms with E-state index in [4.69, 9.17) is 9.15 Å². The maximum Gasteiger partial charge on any atom is 0.294 e. The number of hydrogen-bond donors (Lipinski definition) is 1. The first-order valence-electron chi connectivity index (χ1n) is 7.34. The number of ether oxygens (including phenoxy) is 1. The molecule has 0 saturated heterocycles. The van der Waals surface area contributed by atoms with E-state index < -0.39 is 0 Å². The van der Waals surface area contributed by atoms with Crippen molar-refractivity contribution in [3.63, 3.8) is 0 Å². The van der Waals surface area contributed by atoms with Gasteiger partial charge in [0.25, 0.3) is 5.95 Å². The minimum Gasteiger partial charge on any atom is -0.496 e. The summed E-state index contributed by atoms with van der Waals surface area (Å²) in [7, 11) is 1.57. The van der Waals surface area contributed by atoms with Crippen LogP contribution in [0.25, 0.3) is 11.0 Å². The van der Waals surface area contributed by atoms with Gasteiger partial charge in [0, 0.05) is 10.9 Å². The zero-order valence-corrected chi connectivity index (χ0v) is 13.6. The van der Waals surface area contributed by atoms with Crippen LogP contribution in [0.4, 0.5) is 0 Å². The highest BCUT2D eigenvalue weighted by molar-refractivity contribution is 6.17. The molecule has 2 aromatic carbocycles. The fourth-order valence-electron chi connectivity index (χ4n) is 2.72. The summed E-state index contributed by atoms with van der Waals surface area (Å²) in [5, 5.41) is 10.7. The summed E-state index contributed by atoms with van der Waals surface area (Å²) >= 11 is 0. The minimum absolute atomic E-state index is 0.185. The highest BCUT2D eigenvalue weighted by atomic mass is 16.5. The molecule has 1 N–H and O–H groups in total. The average Bonchev–Trinajstić information content (AvgIpc) is 2.83. The van der Waals surface area contributed by atoms with Gasteiger partial charge in [0.1, 0.15) is 16.9 Å². The number of hydrogen-bond acceptors (Lipinski definition) is 4. The van der Waals surface area contributed by atoms with Gasteiger partial charge in [0.05, 0.1) is 7.11 Å². The largest absolute Gasteiger partial charge is 0.496 e. The maximum atomic E-state index is 12.9. The molecule has 1 aromatic heterocycles. The number of carbonyl (C=O) groups excluding carboxylic acids is 1. The number of aromatic hydroxyl groups is 1. The third-order valence-electron chi connectivity index (χ3n) is 4.16. The van der Waals surface area contributed by atoms with Crippen LogP contribution in [0.2, 0.25) is 0 Å². The summed E-state index contributed by atoms with van der Waals surface area (Å²) < 4.78 is 10.7. The molecule has 0 bridgehead atoms. The van der Waals surface area contributed by atoms with Gasteiger partial charge < -0.3 is 14.3 Å². The fourth-order valence-corrected chi connectivity index (χ4v) is 2.72. The third kappa shape index (κ3) is 2.46. The van der Waals surface area contributed by atoms with Crippen LogP contribution in [0, 0.1) is 20.8 Å². The molecule has 4 heteroatoms. The van der Waals surface area contributed by atoms with Crippen LogP contribution in [-0.4, -0.2) is 18.0 Å². The summed E-state index contributed by atoms with van der Waals surface area (Å²) in [6, 6.07) is 8.96. The molecule has 1 heterocycles. The molecular weight excluding hydrogens is 292 g/mol. The van der Waals surface area contributed by atoms with Crippen LogP contribution >= 0.6 is 0 Å². The molecule has 0 fully saturated rings. The minimum atomic E-state index is -0.354. The van der Waals surface area contributed by atoms with Gasteiger partial charge in [-0.05, 0) is 61.7 Å². The predicted molar refractivity (Wildman–Crippen MR) is 88.5 cm³/mol. The standard InChI is InChI=1S/C19H18O4/c1-10-5-6-14-16(7-10)23-19(21)17(14)18(20)13-8-11(2)12(3)15(9-13)22-4/h5-9,21H,1-4H3. The van der Waals surface area contributed by atoms with Crippen molar-refractivity contribution in [3.05, 3.63) is 58.1 Å². The first kappa shape index (κ1) is 15.2. The van der Waals surface area contributed by atoms with Crippen LogP contribution in [0.3, 0.4) is 0 Å². The lowest BCUT2D eigenvalue weighted by atomic mass is 9.97. The smallest absolute Gasteiger partial charge is 0.294 e. The molecule has 0 unspecified atom stereocenters. The Hall–Kier alpha value is -2.75. The van der Waals surface area contributed by atoms with E-state index in [1.165, 1.54) is 0 Å². The highest BCUT2D eigenvalue weighted by Crippen LogP contribution is 2.34. The number of ketones is 1. The molecule has 0 spiro atoms. The van der Waals surface area contributed by atoms with E-state index in [1.807, 2.05) is 26.8 Å². The van der Waals surface area contributed by atoms with Crippen LogP contribution in [-0.2, 0) is 0 Å². The number of rotatable bonds is 3. The van der Waals surface area contributed by atoms with Crippen LogP contribution < -0.4 is 4.74 Å². The van der Waals surface area contributed by atoms with Gasteiger partial charge in [-0.15, -0.1) is 0 Å². The zero-order chi connectivity index (χ0) is 16.7. The molecule has 23 heavy (non-hydrogen) atoms. The quantitative estimate of drug-likeness (QED) is 0.733. The first-order chi connectivity index (χ1) is 10.9. The second kappa shape index (κ2) is 5.47. The number of fused-ring (bicyclic) bond motifs is 1. The molecule has 0 aliphatic carbocycles. The number of carbonyl (C=O) groups is 1. The molecule has 3 rings (SSSR count). The summed E-state index contributed by atoms with van der Waals surface area (Å²) in [5.41, 5.74) is 4.09. The van der Waals surface area contributed by atoms with E-state index in [0.29, 0.717) is 22.3 Å². The molecule has 0 amide bonds. The molecule has 118 valence electrons. The second-order valence-corrected chi connectivity index (χ2v) is 5.73. The Balaban J connectivity index is 2.18. The normalized spacial score (nSPS) is 11.0. The molecule has 3 aromatic rings. The average molecular weight is 310 g/mol. The molecular formula is C19H18O4. The van der Waals surface area contributed by atoms with Gasteiger partial charge in [-0.1, -0.05) is 6.07 Å². The lowest BCUT2D eigenvalue weighted by Crippen LogP contribution is -2.03. The van der Waals surface area contributed by atoms with Gasteiger partial charge in [-0.2, -0.15) is 0 Å². The monoisotopic (exact) mass is 310 g/mol. The summed E-state index contributed by atoms with van der Waals surface area (Å²) in [6.07, 6.45) is 0. The van der Waals surface area contributed by atoms with Gasteiger partial charge in [-0.3, -0.25) is 4.79 Å². The molecule has 4 nitrogen and oxygen atoms in total. The van der Waals surface area contributed by atoms with E-state index in [9.17, 15) is 9.90 Å². The third-order valence-corrected chi connectivity index (χ3v) is 4.16. The van der Waals surface area contributed by atoms with Crippen molar-refractivity contribution >= 4 is 16.8 Å². The zero-order valence-electron chi connectivity index (χ0n) is 13.6. The van der Waals surface area contributed by atoms with Crippen LogP contribution in [0.5, 0.6) is 11.7 Å². The van der Waals surface area contributed by atoms with Crippen LogP contribution in [0.1, 0.15) is 32.6 Å². The highest BCUT2D eigenvalue weighted by Gasteiger charge is 2.23. The van der Waals surface area contributed by atoms with Gasteiger partial charge >= 0.3 is 0 Å². The van der Waals surface area contributed by atoms with E-state index in [2.05, 4.69) is 0 Å². The van der Waals surface area contributed by atoms with Gasteiger partial charge in [0.2, 0.25) is 5.78 Å². The molecule has 0 saturated carbocycles. The first-order valence-corrected chi connectivity index (χ1v) is 7.34. The number of furan rings is 1. The van der Waals surface area contributed by atoms with Crippen molar-refractivity contribution in [2.45, 2.75) is 20.8 Å². The van der Waals surface area contributed by atoms with E-state index in [0.717, 1.165) is 16.7 Å². The molecule has 0 radical (unpaired) electrons. The van der Waals surface area contributed by atoms with Gasteiger partial charge in [-0.25, -0.2) is 0 Å². The number of aryl methyl sites for hydroxylation is 2. The Morgan fingerprint density at radius 3 is 2.57 bits per heavy atom. The van der Waals surface area contributed by atoms with E-state index >= 15 is 0 Å². The Labute approximate surface area is 134 Å². The number of benzene rings is 2. The Bertz CT molecular complexity index is 919. The number of methoxy groups -OCH3 is 1. The van der Waals surface area contributed by atoms with E-state index in [-0.39, 0.29) is 17.3 Å². The van der Waals surface area contributed by atoms with Crippen molar-refractivity contribution in [2.24, 2.45) is 0 Å². The fraction of sp³-hybridized carbons (Fsp3) is 0.211. The van der Waals surface area contributed by atoms with Crippen LogP contribution in [0.15, 0.2) is 34.7 Å². The van der Waals surface area contributed by atoms with Crippen molar-refractivity contribution in [1.82, 2.24) is 0 Å². The molecule has 0 aliphatic rings. The van der Waals surface area contributed by atoms with Crippen molar-refractivity contribution < 1.29 is 19.1 Å². The topological polar surface area (TPSA) is 59.7 Å². The maximum absolute atomic E-state index is 12.9. The summed E-state index contributed by atoms with van der Waals surface area (Å²) in [6.45, 7) is 5.79. The van der Waals surface area contributed by atoms with Crippen molar-refractivity contribution in [1.29, 1.82) is 0 Å². The van der Waals surface area contributed by atoms with Crippen molar-refractivity contribution in [2.75, 3.05) is 7.11 Å². The lowest BCUT2D eigenvalue weighted by molar-refractivity contribution is 0.103. The summed E-state index contributed by atoms with van der Waals surface area (Å²) in [5.74, 6) is 0.00998. The Kier molecular flexibility index (Phi) is 3.60. The van der Waals surface area contributed by atoms with Gasteiger partial charge in [0.15, 0.2) is 0 Å². The molecule has 0 aliphatic heterocycles. The SMILES string of the molecule is COc1cc(C(=O)c2c(O)oc3cc(C)ccc23)cc(C)c1C. The predicted octanol–water partition coefficient (Wildman–Crippen LogP) is 4.30. The Morgan fingerprint density at radius 1 is 1.13 bits per heavy atom. The molecule has 0 atom stereocenters. The van der Waals surface area contributed by atoms with E-state index in [1.54, 1.807) is 31.4 Å². The van der Waals surface area contributed by atoms with Crippen molar-refractivity contribution in [3.8, 4) is 11.7 Å².